The maximum Gasteiger partial charge on any atom is 0.258 e. The first kappa shape index (κ1) is 15.3. The number of thiophene rings is 1. The van der Waals surface area contributed by atoms with Crippen molar-refractivity contribution in [1.29, 1.82) is 0 Å². The molecule has 1 aromatic carbocycles. The van der Waals surface area contributed by atoms with Crippen molar-refractivity contribution in [2.45, 2.75) is 19.4 Å². The Hall–Kier alpha value is -2.08. The SMILES string of the molecule is CC(C)(NC(=O)c1c(F)cccc1F)C(=O)c1ccsc1. The van der Waals surface area contributed by atoms with Crippen LogP contribution < -0.4 is 5.32 Å². The Morgan fingerprint density at radius 1 is 1.14 bits per heavy atom. The van der Waals surface area contributed by atoms with Gasteiger partial charge in [-0.1, -0.05) is 6.07 Å². The minimum Gasteiger partial charge on any atom is -0.340 e. The lowest BCUT2D eigenvalue weighted by molar-refractivity contribution is 0.0794. The summed E-state index contributed by atoms with van der Waals surface area (Å²) in [5.41, 5.74) is -1.52. The topological polar surface area (TPSA) is 46.2 Å². The number of rotatable bonds is 4. The third-order valence-electron chi connectivity index (χ3n) is 2.97. The maximum atomic E-state index is 13.6. The molecule has 110 valence electrons. The average Bonchev–Trinajstić information content (AvgIpc) is 2.90. The summed E-state index contributed by atoms with van der Waals surface area (Å²) in [6.07, 6.45) is 0. The first-order valence-electron chi connectivity index (χ1n) is 6.16. The second-order valence-corrected chi connectivity index (χ2v) is 5.80. The number of carbonyl (C=O) groups is 2. The summed E-state index contributed by atoms with van der Waals surface area (Å²) >= 11 is 1.35. The Morgan fingerprint density at radius 3 is 2.29 bits per heavy atom. The lowest BCUT2D eigenvalue weighted by Gasteiger charge is -2.24. The number of hydrogen-bond donors (Lipinski definition) is 1. The number of ketones is 1. The van der Waals surface area contributed by atoms with Crippen LogP contribution in [0.4, 0.5) is 8.78 Å². The molecule has 0 fully saturated rings. The van der Waals surface area contributed by atoms with Crippen molar-refractivity contribution in [3.8, 4) is 0 Å². The van der Waals surface area contributed by atoms with Crippen LogP contribution in [0.2, 0.25) is 0 Å². The molecular formula is C15H13F2NO2S. The zero-order chi connectivity index (χ0) is 15.6. The standard InChI is InChI=1S/C15H13F2NO2S/c1-15(2,13(19)9-6-7-21-8-9)18-14(20)12-10(16)4-3-5-11(12)17/h3-8H,1-2H3,(H,18,20). The summed E-state index contributed by atoms with van der Waals surface area (Å²) in [6.45, 7) is 2.98. The lowest BCUT2D eigenvalue weighted by atomic mass is 9.94. The van der Waals surface area contributed by atoms with Crippen molar-refractivity contribution in [3.05, 3.63) is 57.8 Å². The molecule has 0 aliphatic carbocycles. The molecular weight excluding hydrogens is 296 g/mol. The summed E-state index contributed by atoms with van der Waals surface area (Å²) in [5, 5.41) is 5.77. The number of hydrogen-bond acceptors (Lipinski definition) is 3. The predicted octanol–water partition coefficient (Wildman–Crippen LogP) is 3.42. The number of nitrogens with one attached hydrogen (secondary N) is 1. The third-order valence-corrected chi connectivity index (χ3v) is 3.65. The highest BCUT2D eigenvalue weighted by Crippen LogP contribution is 2.18. The molecule has 6 heteroatoms. The molecule has 2 aromatic rings. The van der Waals surface area contributed by atoms with E-state index in [0.717, 1.165) is 12.1 Å². The predicted molar refractivity (Wildman–Crippen MR) is 76.6 cm³/mol. The quantitative estimate of drug-likeness (QED) is 0.880. The van der Waals surface area contributed by atoms with Gasteiger partial charge in [0.2, 0.25) is 0 Å². The fraction of sp³-hybridized carbons (Fsp3) is 0.200. The Kier molecular flexibility index (Phi) is 4.18. The fourth-order valence-electron chi connectivity index (χ4n) is 1.87. The zero-order valence-electron chi connectivity index (χ0n) is 11.4. The largest absolute Gasteiger partial charge is 0.340 e. The van der Waals surface area contributed by atoms with Crippen LogP contribution in [0.3, 0.4) is 0 Å². The van der Waals surface area contributed by atoms with Gasteiger partial charge in [-0.2, -0.15) is 11.3 Å². The normalized spacial score (nSPS) is 11.2. The lowest BCUT2D eigenvalue weighted by Crippen LogP contribution is -2.50. The van der Waals surface area contributed by atoms with E-state index in [2.05, 4.69) is 5.32 Å². The minimum atomic E-state index is -1.27. The molecule has 0 saturated carbocycles. The van der Waals surface area contributed by atoms with Crippen LogP contribution in [0.15, 0.2) is 35.0 Å². The van der Waals surface area contributed by atoms with Gasteiger partial charge < -0.3 is 5.32 Å². The van der Waals surface area contributed by atoms with E-state index in [0.29, 0.717) is 5.56 Å². The van der Waals surface area contributed by atoms with E-state index in [1.165, 1.54) is 31.3 Å². The number of halogens is 2. The molecule has 1 heterocycles. The Balaban J connectivity index is 2.24. The van der Waals surface area contributed by atoms with Gasteiger partial charge in [0, 0.05) is 10.9 Å². The van der Waals surface area contributed by atoms with Gasteiger partial charge in [0.05, 0.1) is 5.54 Å². The van der Waals surface area contributed by atoms with E-state index >= 15 is 0 Å². The first-order chi connectivity index (χ1) is 9.83. The second-order valence-electron chi connectivity index (χ2n) is 5.02. The van der Waals surface area contributed by atoms with E-state index in [1.807, 2.05) is 0 Å². The van der Waals surface area contributed by atoms with E-state index in [1.54, 1.807) is 16.8 Å². The van der Waals surface area contributed by atoms with E-state index < -0.39 is 28.6 Å². The molecule has 1 amide bonds. The number of amides is 1. The zero-order valence-corrected chi connectivity index (χ0v) is 12.3. The molecule has 0 bridgehead atoms. The first-order valence-corrected chi connectivity index (χ1v) is 7.11. The number of benzene rings is 1. The highest BCUT2D eigenvalue weighted by Gasteiger charge is 2.32. The monoisotopic (exact) mass is 309 g/mol. The molecule has 1 N–H and O–H groups in total. The second kappa shape index (κ2) is 5.73. The Morgan fingerprint density at radius 2 is 1.76 bits per heavy atom. The molecule has 0 aliphatic heterocycles. The van der Waals surface area contributed by atoms with Crippen molar-refractivity contribution in [2.75, 3.05) is 0 Å². The van der Waals surface area contributed by atoms with Crippen LogP contribution in [-0.2, 0) is 0 Å². The van der Waals surface area contributed by atoms with Gasteiger partial charge in [-0.15, -0.1) is 0 Å². The van der Waals surface area contributed by atoms with Crippen LogP contribution in [0.5, 0.6) is 0 Å². The van der Waals surface area contributed by atoms with Crippen LogP contribution in [0.1, 0.15) is 34.6 Å². The van der Waals surface area contributed by atoms with E-state index in [4.69, 9.17) is 0 Å². The van der Waals surface area contributed by atoms with Gasteiger partial charge in [0.1, 0.15) is 17.2 Å². The molecule has 0 unspecified atom stereocenters. The molecule has 0 atom stereocenters. The van der Waals surface area contributed by atoms with Crippen molar-refractivity contribution >= 4 is 23.0 Å². The molecule has 2 rings (SSSR count). The van der Waals surface area contributed by atoms with Crippen molar-refractivity contribution in [1.82, 2.24) is 5.32 Å². The highest BCUT2D eigenvalue weighted by molar-refractivity contribution is 7.08. The minimum absolute atomic E-state index is 0.325. The number of Topliss-reactive ketones (excluding diaryl/α,β-unsaturated/α-hetero) is 1. The van der Waals surface area contributed by atoms with Crippen molar-refractivity contribution in [3.63, 3.8) is 0 Å². The van der Waals surface area contributed by atoms with E-state index in [-0.39, 0.29) is 5.78 Å². The summed E-state index contributed by atoms with van der Waals surface area (Å²) < 4.78 is 27.1. The van der Waals surface area contributed by atoms with Gasteiger partial charge in [-0.25, -0.2) is 8.78 Å². The van der Waals surface area contributed by atoms with Gasteiger partial charge in [0.15, 0.2) is 5.78 Å². The van der Waals surface area contributed by atoms with Crippen LogP contribution in [0, 0.1) is 11.6 Å². The van der Waals surface area contributed by atoms with Gasteiger partial charge in [-0.3, -0.25) is 9.59 Å². The van der Waals surface area contributed by atoms with Crippen molar-refractivity contribution in [2.24, 2.45) is 0 Å². The smallest absolute Gasteiger partial charge is 0.258 e. The Bertz CT molecular complexity index is 661. The van der Waals surface area contributed by atoms with E-state index in [9.17, 15) is 18.4 Å². The molecule has 3 nitrogen and oxygen atoms in total. The summed E-state index contributed by atoms with van der Waals surface area (Å²) in [7, 11) is 0. The molecule has 0 spiro atoms. The molecule has 21 heavy (non-hydrogen) atoms. The average molecular weight is 309 g/mol. The third kappa shape index (κ3) is 3.16. The summed E-state index contributed by atoms with van der Waals surface area (Å²) in [5.74, 6) is -3.22. The van der Waals surface area contributed by atoms with Crippen molar-refractivity contribution < 1.29 is 18.4 Å². The van der Waals surface area contributed by atoms with Crippen LogP contribution in [0.25, 0.3) is 0 Å². The maximum absolute atomic E-state index is 13.6. The summed E-state index contributed by atoms with van der Waals surface area (Å²) in [4.78, 5) is 24.3. The number of carbonyl (C=O) groups excluding carboxylic acids is 2. The van der Waals surface area contributed by atoms with Gasteiger partial charge in [0.25, 0.3) is 5.91 Å². The van der Waals surface area contributed by atoms with Crippen LogP contribution >= 0.6 is 11.3 Å². The molecule has 0 radical (unpaired) electrons. The summed E-state index contributed by atoms with van der Waals surface area (Å²) in [6, 6.07) is 4.78. The van der Waals surface area contributed by atoms with Gasteiger partial charge >= 0.3 is 0 Å². The van der Waals surface area contributed by atoms with Gasteiger partial charge in [-0.05, 0) is 37.4 Å². The molecule has 1 aromatic heterocycles. The van der Waals surface area contributed by atoms with Crippen LogP contribution in [-0.4, -0.2) is 17.2 Å². The molecule has 0 saturated heterocycles. The molecule has 0 aliphatic rings. The fourth-order valence-corrected chi connectivity index (χ4v) is 2.51. The Labute approximate surface area is 124 Å². The highest BCUT2D eigenvalue weighted by atomic mass is 32.1.